The zero-order valence-corrected chi connectivity index (χ0v) is 8.61. The fourth-order valence-electron chi connectivity index (χ4n) is 1.09. The molecule has 4 nitrogen and oxygen atoms in total. The molecular weight excluding hydrogens is 218 g/mol. The first-order valence-electron chi connectivity index (χ1n) is 4.07. The number of carbonyl (C=O) groups excluding carboxylic acids is 1. The van der Waals surface area contributed by atoms with Gasteiger partial charge in [-0.3, -0.25) is 0 Å². The Morgan fingerprint density at radius 2 is 2.00 bits per heavy atom. The van der Waals surface area contributed by atoms with Gasteiger partial charge in [0.15, 0.2) is 6.04 Å². The summed E-state index contributed by atoms with van der Waals surface area (Å²) in [4.78, 5) is 23.8. The quantitative estimate of drug-likeness (QED) is 0.625. The lowest BCUT2D eigenvalue weighted by Gasteiger charge is -2.04. The van der Waals surface area contributed by atoms with E-state index in [0.29, 0.717) is 0 Å². The van der Waals surface area contributed by atoms with Crippen LogP contribution in [0.2, 0.25) is 0 Å². The topological polar surface area (TPSA) is 66.7 Å². The van der Waals surface area contributed by atoms with Gasteiger partial charge in [0.2, 0.25) is 6.08 Å². The van der Waals surface area contributed by atoms with E-state index < -0.39 is 12.0 Å². The summed E-state index contributed by atoms with van der Waals surface area (Å²) in [5.74, 6) is -1.11. The van der Waals surface area contributed by atoms with Gasteiger partial charge < -0.3 is 5.11 Å². The molecule has 0 aliphatic carbocycles. The number of aliphatic imine (C=N–C) groups is 1. The van der Waals surface area contributed by atoms with Gasteiger partial charge >= 0.3 is 5.97 Å². The molecular formula is C10H10ClNO3. The molecule has 0 saturated heterocycles. The van der Waals surface area contributed by atoms with Gasteiger partial charge in [0.1, 0.15) is 0 Å². The molecule has 5 heteroatoms. The Balaban J connectivity index is 0.00000196. The Hall–Kier alpha value is -1.64. The third-order valence-electron chi connectivity index (χ3n) is 1.77. The Kier molecular flexibility index (Phi) is 6.02. The highest BCUT2D eigenvalue weighted by atomic mass is 35.5. The van der Waals surface area contributed by atoms with Gasteiger partial charge in [0, 0.05) is 6.42 Å². The number of halogens is 1. The highest BCUT2D eigenvalue weighted by Crippen LogP contribution is 2.05. The van der Waals surface area contributed by atoms with Crippen LogP contribution in [0.1, 0.15) is 5.56 Å². The summed E-state index contributed by atoms with van der Waals surface area (Å²) >= 11 is 0. The number of carbonyl (C=O) groups is 1. The van der Waals surface area contributed by atoms with Crippen LogP contribution in [0.4, 0.5) is 0 Å². The van der Waals surface area contributed by atoms with Gasteiger partial charge in [-0.15, -0.1) is 12.4 Å². The smallest absolute Gasteiger partial charge is 0.329 e. The second kappa shape index (κ2) is 6.76. The first-order chi connectivity index (χ1) is 6.74. The van der Waals surface area contributed by atoms with Gasteiger partial charge in [-0.05, 0) is 5.56 Å². The van der Waals surface area contributed by atoms with Gasteiger partial charge in [-0.25, -0.2) is 9.59 Å². The van der Waals surface area contributed by atoms with Gasteiger partial charge in [-0.2, -0.15) is 4.99 Å². The number of nitrogens with zero attached hydrogens (tertiary/aromatic N) is 1. The fourth-order valence-corrected chi connectivity index (χ4v) is 1.09. The molecule has 1 rings (SSSR count). The Morgan fingerprint density at radius 3 is 2.47 bits per heavy atom. The lowest BCUT2D eigenvalue weighted by Crippen LogP contribution is -2.20. The lowest BCUT2D eigenvalue weighted by molar-refractivity contribution is -0.138. The van der Waals surface area contributed by atoms with Crippen molar-refractivity contribution in [3.8, 4) is 0 Å². The van der Waals surface area contributed by atoms with Crippen LogP contribution in [0, 0.1) is 0 Å². The number of carboxylic acids is 1. The summed E-state index contributed by atoms with van der Waals surface area (Å²) in [5.41, 5.74) is 0.832. The van der Waals surface area contributed by atoms with Crippen LogP contribution in [0.15, 0.2) is 35.3 Å². The number of hydrogen-bond donors (Lipinski definition) is 1. The monoisotopic (exact) mass is 227 g/mol. The molecule has 0 aliphatic rings. The number of carboxylic acid groups (broad SMARTS) is 1. The van der Waals surface area contributed by atoms with Gasteiger partial charge in [-0.1, -0.05) is 30.3 Å². The van der Waals surface area contributed by atoms with Crippen molar-refractivity contribution in [2.45, 2.75) is 12.5 Å². The maximum absolute atomic E-state index is 10.6. The molecule has 0 spiro atoms. The Bertz CT molecular complexity index is 358. The molecule has 0 bridgehead atoms. The molecule has 0 aliphatic heterocycles. The van der Waals surface area contributed by atoms with Crippen LogP contribution in [0.25, 0.3) is 0 Å². The second-order valence-corrected chi connectivity index (χ2v) is 2.76. The summed E-state index contributed by atoms with van der Waals surface area (Å²) in [6, 6.07) is 7.99. The predicted octanol–water partition coefficient (Wildman–Crippen LogP) is 1.44. The van der Waals surface area contributed by atoms with E-state index in [9.17, 15) is 9.59 Å². The van der Waals surface area contributed by atoms with E-state index >= 15 is 0 Å². The van der Waals surface area contributed by atoms with Crippen LogP contribution in [0.3, 0.4) is 0 Å². The number of hydrogen-bond acceptors (Lipinski definition) is 3. The van der Waals surface area contributed by atoms with Crippen molar-refractivity contribution in [1.29, 1.82) is 0 Å². The van der Waals surface area contributed by atoms with Crippen molar-refractivity contribution < 1.29 is 14.7 Å². The summed E-state index contributed by atoms with van der Waals surface area (Å²) in [6.45, 7) is 0. The number of rotatable bonds is 4. The molecule has 0 unspecified atom stereocenters. The number of benzene rings is 1. The van der Waals surface area contributed by atoms with Crippen molar-refractivity contribution in [3.05, 3.63) is 35.9 Å². The fraction of sp³-hybridized carbons (Fsp3) is 0.200. The highest BCUT2D eigenvalue weighted by molar-refractivity contribution is 5.85. The second-order valence-electron chi connectivity index (χ2n) is 2.76. The molecule has 1 atom stereocenters. The molecule has 1 N–H and O–H groups in total. The van der Waals surface area contributed by atoms with Gasteiger partial charge in [0.05, 0.1) is 0 Å². The summed E-state index contributed by atoms with van der Waals surface area (Å²) in [6.07, 6.45) is 1.48. The van der Waals surface area contributed by atoms with Crippen molar-refractivity contribution in [2.75, 3.05) is 0 Å². The van der Waals surface area contributed by atoms with Crippen LogP contribution in [-0.2, 0) is 16.0 Å². The zero-order valence-electron chi connectivity index (χ0n) is 7.79. The van der Waals surface area contributed by atoms with E-state index in [2.05, 4.69) is 4.99 Å². The summed E-state index contributed by atoms with van der Waals surface area (Å²) < 4.78 is 0. The minimum atomic E-state index is -1.11. The first-order valence-corrected chi connectivity index (χ1v) is 4.07. The van der Waals surface area contributed by atoms with E-state index in [4.69, 9.17) is 5.11 Å². The van der Waals surface area contributed by atoms with Crippen molar-refractivity contribution in [2.24, 2.45) is 4.99 Å². The van der Waals surface area contributed by atoms with E-state index in [1.54, 1.807) is 24.3 Å². The first kappa shape index (κ1) is 13.4. The standard InChI is InChI=1S/C10H9NO3.ClH/c12-7-11-9(10(13)14)6-8-4-2-1-3-5-8;/h1-5,9H,6H2,(H,13,14);1H/t9-;/m0./s1. The number of isocyanates is 1. The predicted molar refractivity (Wildman–Crippen MR) is 56.9 cm³/mol. The van der Waals surface area contributed by atoms with Crippen LogP contribution < -0.4 is 0 Å². The average Bonchev–Trinajstić information content (AvgIpc) is 2.18. The minimum Gasteiger partial charge on any atom is -0.480 e. The van der Waals surface area contributed by atoms with E-state index in [-0.39, 0.29) is 18.8 Å². The summed E-state index contributed by atoms with van der Waals surface area (Å²) in [7, 11) is 0. The highest BCUT2D eigenvalue weighted by Gasteiger charge is 2.16. The van der Waals surface area contributed by atoms with E-state index in [0.717, 1.165) is 5.56 Å². The molecule has 0 aromatic heterocycles. The molecule has 15 heavy (non-hydrogen) atoms. The van der Waals surface area contributed by atoms with E-state index in [1.165, 1.54) is 6.08 Å². The molecule has 0 radical (unpaired) electrons. The van der Waals surface area contributed by atoms with E-state index in [1.807, 2.05) is 6.07 Å². The Morgan fingerprint density at radius 1 is 1.40 bits per heavy atom. The van der Waals surface area contributed by atoms with Crippen molar-refractivity contribution in [1.82, 2.24) is 0 Å². The lowest BCUT2D eigenvalue weighted by atomic mass is 10.1. The maximum atomic E-state index is 10.6. The van der Waals surface area contributed by atoms with Crippen molar-refractivity contribution in [3.63, 3.8) is 0 Å². The van der Waals surface area contributed by atoms with Crippen LogP contribution in [0.5, 0.6) is 0 Å². The van der Waals surface area contributed by atoms with Crippen LogP contribution in [-0.4, -0.2) is 23.2 Å². The van der Waals surface area contributed by atoms with Crippen molar-refractivity contribution >= 4 is 24.5 Å². The molecule has 0 amide bonds. The largest absolute Gasteiger partial charge is 0.480 e. The maximum Gasteiger partial charge on any atom is 0.329 e. The molecule has 0 fully saturated rings. The van der Waals surface area contributed by atoms with Crippen LogP contribution >= 0.6 is 12.4 Å². The molecule has 1 aromatic rings. The molecule has 0 heterocycles. The minimum absolute atomic E-state index is 0. The average molecular weight is 228 g/mol. The molecule has 80 valence electrons. The molecule has 1 aromatic carbocycles. The third kappa shape index (κ3) is 4.40. The SMILES string of the molecule is Cl.O=C=N[C@@H](Cc1ccccc1)C(=O)O. The Labute approximate surface area is 93.1 Å². The number of aliphatic carboxylic acids is 1. The molecule has 0 saturated carbocycles. The summed E-state index contributed by atoms with van der Waals surface area (Å²) in [5, 5.41) is 8.69. The zero-order chi connectivity index (χ0) is 10.4. The third-order valence-corrected chi connectivity index (χ3v) is 1.77. The normalized spacial score (nSPS) is 10.7. The van der Waals surface area contributed by atoms with Gasteiger partial charge in [0.25, 0.3) is 0 Å².